The van der Waals surface area contributed by atoms with Crippen molar-refractivity contribution < 1.29 is 19.1 Å². The molecule has 0 bridgehead atoms. The van der Waals surface area contributed by atoms with Gasteiger partial charge in [-0.05, 0) is 41.5 Å². The molecule has 10 heteroatoms. The molecule has 174 valence electrons. The van der Waals surface area contributed by atoms with Crippen LogP contribution in [0.15, 0.2) is 89.0 Å². The van der Waals surface area contributed by atoms with Gasteiger partial charge in [0.1, 0.15) is 11.6 Å². The lowest BCUT2D eigenvalue weighted by Crippen LogP contribution is -2.29. The number of nitrogens with zero attached hydrogens (tertiary/aromatic N) is 4. The van der Waals surface area contributed by atoms with Crippen molar-refractivity contribution in [3.63, 3.8) is 0 Å². The second kappa shape index (κ2) is 9.77. The second-order valence-electron chi connectivity index (χ2n) is 7.59. The number of pyridine rings is 1. The van der Waals surface area contributed by atoms with Gasteiger partial charge in [0.15, 0.2) is 4.34 Å². The summed E-state index contributed by atoms with van der Waals surface area (Å²) in [5.41, 5.74) is 1.73. The predicted octanol–water partition coefficient (Wildman–Crippen LogP) is 4.99. The molecule has 5 rings (SSSR count). The van der Waals surface area contributed by atoms with Crippen LogP contribution < -0.4 is 4.90 Å². The van der Waals surface area contributed by atoms with Crippen LogP contribution in [-0.4, -0.2) is 32.0 Å². The molecule has 2 aromatic carbocycles. The van der Waals surface area contributed by atoms with E-state index in [-0.39, 0.29) is 16.3 Å². The van der Waals surface area contributed by atoms with Gasteiger partial charge in [0.05, 0.1) is 11.6 Å². The van der Waals surface area contributed by atoms with Crippen molar-refractivity contribution in [1.29, 1.82) is 0 Å². The van der Waals surface area contributed by atoms with E-state index in [0.717, 1.165) is 5.56 Å². The van der Waals surface area contributed by atoms with Gasteiger partial charge in [-0.2, -0.15) is 0 Å². The minimum absolute atomic E-state index is 0.122. The zero-order valence-corrected chi connectivity index (χ0v) is 19.7. The molecule has 1 aliphatic heterocycles. The maximum atomic E-state index is 13.4. The molecule has 0 radical (unpaired) electrons. The highest BCUT2D eigenvalue weighted by atomic mass is 32.2. The molecule has 1 aliphatic rings. The quantitative estimate of drug-likeness (QED) is 0.130. The first kappa shape index (κ1) is 22.9. The van der Waals surface area contributed by atoms with Crippen molar-refractivity contribution in [3.05, 3.63) is 107 Å². The third kappa shape index (κ3) is 4.58. The molecule has 1 N–H and O–H groups in total. The Bertz CT molecular complexity index is 1410. The smallest absolute Gasteiger partial charge is 0.301 e. The maximum Gasteiger partial charge on any atom is 0.301 e. The second-order valence-corrected chi connectivity index (χ2v) is 9.77. The van der Waals surface area contributed by atoms with E-state index in [2.05, 4.69) is 15.2 Å². The largest absolute Gasteiger partial charge is 0.507 e. The fourth-order valence-corrected chi connectivity index (χ4v) is 5.55. The first-order chi connectivity index (χ1) is 17.0. The van der Waals surface area contributed by atoms with Gasteiger partial charge in [0.25, 0.3) is 5.78 Å². The van der Waals surface area contributed by atoms with E-state index in [9.17, 15) is 19.1 Å². The monoisotopic (exact) mass is 504 g/mol. The van der Waals surface area contributed by atoms with E-state index >= 15 is 0 Å². The maximum absolute atomic E-state index is 13.4. The number of hydrogen-bond acceptors (Lipinski definition) is 8. The number of anilines is 1. The molecule has 2 aromatic heterocycles. The molecule has 35 heavy (non-hydrogen) atoms. The molecule has 0 spiro atoms. The number of amides is 1. The summed E-state index contributed by atoms with van der Waals surface area (Å²) in [4.78, 5) is 31.6. The Labute approximate surface area is 208 Å². The number of benzene rings is 2. The number of thioether (sulfide) groups is 1. The number of ketones is 1. The van der Waals surface area contributed by atoms with E-state index in [0.29, 0.717) is 15.7 Å². The van der Waals surface area contributed by atoms with Crippen LogP contribution in [0.1, 0.15) is 22.7 Å². The zero-order valence-electron chi connectivity index (χ0n) is 18.0. The van der Waals surface area contributed by atoms with Crippen LogP contribution in [0, 0.1) is 5.82 Å². The first-order valence-electron chi connectivity index (χ1n) is 10.5. The van der Waals surface area contributed by atoms with E-state index in [1.165, 1.54) is 58.5 Å². The summed E-state index contributed by atoms with van der Waals surface area (Å²) in [5.74, 6) is -1.92. The Balaban J connectivity index is 1.53. The van der Waals surface area contributed by atoms with E-state index < -0.39 is 29.3 Å². The topological polar surface area (TPSA) is 96.3 Å². The standard InChI is InChI=1S/C25H17FN4O3S2/c26-18-10-8-16(9-11-18)21(31)19-20(17-7-4-12-27-13-17)30(23(33)22(19)32)24-28-29-25(35-24)34-14-15-5-2-1-3-6-15/h1-13,20,31H,14H2. The van der Waals surface area contributed by atoms with Crippen LogP contribution in [0.5, 0.6) is 0 Å². The number of carbonyl (C=O) groups is 2. The van der Waals surface area contributed by atoms with Crippen LogP contribution in [0.4, 0.5) is 9.52 Å². The minimum atomic E-state index is -0.964. The molecule has 4 aromatic rings. The minimum Gasteiger partial charge on any atom is -0.507 e. The summed E-state index contributed by atoms with van der Waals surface area (Å²) in [6, 6.07) is 17.3. The molecule has 0 saturated carbocycles. The predicted molar refractivity (Wildman–Crippen MR) is 131 cm³/mol. The number of carbonyl (C=O) groups excluding carboxylic acids is 2. The normalized spacial score (nSPS) is 17.2. The van der Waals surface area contributed by atoms with Crippen molar-refractivity contribution >= 4 is 45.7 Å². The summed E-state index contributed by atoms with van der Waals surface area (Å²) in [7, 11) is 0. The van der Waals surface area contributed by atoms with Crippen LogP contribution in [0.2, 0.25) is 0 Å². The van der Waals surface area contributed by atoms with E-state index in [4.69, 9.17) is 0 Å². The highest BCUT2D eigenvalue weighted by Crippen LogP contribution is 2.43. The van der Waals surface area contributed by atoms with Crippen molar-refractivity contribution in [2.45, 2.75) is 16.1 Å². The number of Topliss-reactive ketones (excluding diaryl/α,β-unsaturated/α-hetero) is 1. The van der Waals surface area contributed by atoms with Crippen molar-refractivity contribution in [2.75, 3.05) is 4.90 Å². The molecule has 1 unspecified atom stereocenters. The lowest BCUT2D eigenvalue weighted by atomic mass is 9.96. The summed E-state index contributed by atoms with van der Waals surface area (Å²) in [6.07, 6.45) is 3.09. The van der Waals surface area contributed by atoms with Gasteiger partial charge in [-0.3, -0.25) is 19.5 Å². The number of aromatic nitrogens is 3. The molecule has 3 heterocycles. The van der Waals surface area contributed by atoms with Gasteiger partial charge in [0.2, 0.25) is 5.13 Å². The van der Waals surface area contributed by atoms with Crippen molar-refractivity contribution in [2.24, 2.45) is 0 Å². The van der Waals surface area contributed by atoms with Gasteiger partial charge in [0, 0.05) is 23.7 Å². The molecule has 1 saturated heterocycles. The lowest BCUT2D eigenvalue weighted by Gasteiger charge is -2.22. The molecular weight excluding hydrogens is 487 g/mol. The highest BCUT2D eigenvalue weighted by molar-refractivity contribution is 8.00. The Kier molecular flexibility index (Phi) is 6.39. The number of aliphatic hydroxyl groups is 1. The Morgan fingerprint density at radius 1 is 1.03 bits per heavy atom. The van der Waals surface area contributed by atoms with E-state index in [1.807, 2.05) is 30.3 Å². The summed E-state index contributed by atoms with van der Waals surface area (Å²) >= 11 is 2.65. The third-order valence-electron chi connectivity index (χ3n) is 5.37. The summed E-state index contributed by atoms with van der Waals surface area (Å²) in [5, 5.41) is 19.6. The van der Waals surface area contributed by atoms with Gasteiger partial charge >= 0.3 is 5.91 Å². The fraction of sp³-hybridized carbons (Fsp3) is 0.0800. The molecular formula is C25H17FN4O3S2. The number of rotatable bonds is 6. The van der Waals surface area contributed by atoms with Gasteiger partial charge in [-0.15, -0.1) is 10.2 Å². The van der Waals surface area contributed by atoms with Crippen molar-refractivity contribution in [1.82, 2.24) is 15.2 Å². The Morgan fingerprint density at radius 2 is 1.80 bits per heavy atom. The summed E-state index contributed by atoms with van der Waals surface area (Å²) in [6.45, 7) is 0. The number of hydrogen-bond donors (Lipinski definition) is 1. The zero-order chi connectivity index (χ0) is 24.4. The highest BCUT2D eigenvalue weighted by Gasteiger charge is 2.48. The van der Waals surface area contributed by atoms with Crippen LogP contribution in [0.3, 0.4) is 0 Å². The van der Waals surface area contributed by atoms with E-state index in [1.54, 1.807) is 18.3 Å². The summed E-state index contributed by atoms with van der Waals surface area (Å²) < 4.78 is 14.0. The Morgan fingerprint density at radius 3 is 2.51 bits per heavy atom. The van der Waals surface area contributed by atoms with Gasteiger partial charge in [-0.25, -0.2) is 4.39 Å². The molecule has 7 nitrogen and oxygen atoms in total. The van der Waals surface area contributed by atoms with Gasteiger partial charge in [-0.1, -0.05) is 59.5 Å². The van der Waals surface area contributed by atoms with Crippen LogP contribution in [0.25, 0.3) is 5.76 Å². The third-order valence-corrected chi connectivity index (χ3v) is 7.50. The molecule has 1 amide bonds. The fourth-order valence-electron chi connectivity index (χ4n) is 3.72. The Hall–Kier alpha value is -3.89. The van der Waals surface area contributed by atoms with Gasteiger partial charge < -0.3 is 5.11 Å². The van der Waals surface area contributed by atoms with Crippen LogP contribution in [-0.2, 0) is 15.3 Å². The molecule has 0 aliphatic carbocycles. The molecule has 1 fully saturated rings. The first-order valence-corrected chi connectivity index (χ1v) is 12.3. The molecule has 1 atom stereocenters. The number of aliphatic hydroxyl groups excluding tert-OH is 1. The number of halogens is 1. The van der Waals surface area contributed by atoms with Crippen LogP contribution >= 0.6 is 23.1 Å². The average Bonchev–Trinajstić information content (AvgIpc) is 3.46. The lowest BCUT2D eigenvalue weighted by molar-refractivity contribution is -0.132. The van der Waals surface area contributed by atoms with Crippen molar-refractivity contribution in [3.8, 4) is 0 Å². The SMILES string of the molecule is O=C1C(=O)N(c2nnc(SCc3ccccc3)s2)C(c2cccnc2)C1=C(O)c1ccc(F)cc1. The average molecular weight is 505 g/mol.